The number of carbonyl (C=O) groups excluding carboxylic acids is 1. The Labute approximate surface area is 126 Å². The van der Waals surface area contributed by atoms with Gasteiger partial charge in [-0.15, -0.1) is 0 Å². The molecule has 5 nitrogen and oxygen atoms in total. The molecule has 0 heterocycles. The van der Waals surface area contributed by atoms with Crippen molar-refractivity contribution in [2.24, 2.45) is 0 Å². The van der Waals surface area contributed by atoms with Gasteiger partial charge in [0, 0.05) is 29.9 Å². The van der Waals surface area contributed by atoms with Gasteiger partial charge in [-0.2, -0.15) is 0 Å². The summed E-state index contributed by atoms with van der Waals surface area (Å²) in [6, 6.07) is 5.53. The van der Waals surface area contributed by atoms with Crippen molar-refractivity contribution >= 4 is 11.6 Å². The van der Waals surface area contributed by atoms with Crippen LogP contribution in [0.25, 0.3) is 0 Å². The van der Waals surface area contributed by atoms with E-state index in [-0.39, 0.29) is 11.9 Å². The van der Waals surface area contributed by atoms with Crippen LogP contribution in [-0.2, 0) is 4.79 Å². The lowest BCUT2D eigenvalue weighted by molar-refractivity contribution is -0.122. The van der Waals surface area contributed by atoms with E-state index in [1.54, 1.807) is 20.3 Å². The molecule has 5 heteroatoms. The minimum atomic E-state index is -0.303. The standard InChI is InChI=1S/C16H24N2O3/c1-11(16(19)18-12-6-4-5-7-12)17-13-8-14(20-2)10-15(9-13)21-3/h8-12,17H,4-7H2,1-3H3,(H,18,19). The average molecular weight is 292 g/mol. The summed E-state index contributed by atoms with van der Waals surface area (Å²) in [6.45, 7) is 1.86. The first-order valence-corrected chi connectivity index (χ1v) is 7.42. The van der Waals surface area contributed by atoms with E-state index in [9.17, 15) is 4.79 Å². The van der Waals surface area contributed by atoms with E-state index in [0.29, 0.717) is 17.5 Å². The van der Waals surface area contributed by atoms with Gasteiger partial charge in [0.2, 0.25) is 5.91 Å². The fraction of sp³-hybridized carbons (Fsp3) is 0.562. The van der Waals surface area contributed by atoms with Gasteiger partial charge >= 0.3 is 0 Å². The number of carbonyl (C=O) groups is 1. The molecule has 1 aromatic rings. The zero-order valence-corrected chi connectivity index (χ0v) is 12.9. The lowest BCUT2D eigenvalue weighted by atomic mass is 10.2. The fourth-order valence-electron chi connectivity index (χ4n) is 2.60. The highest BCUT2D eigenvalue weighted by Gasteiger charge is 2.20. The topological polar surface area (TPSA) is 59.6 Å². The fourth-order valence-corrected chi connectivity index (χ4v) is 2.60. The Balaban J connectivity index is 1.97. The maximum Gasteiger partial charge on any atom is 0.242 e. The van der Waals surface area contributed by atoms with Crippen LogP contribution in [0.3, 0.4) is 0 Å². The maximum absolute atomic E-state index is 12.2. The Kier molecular flexibility index (Phi) is 5.31. The SMILES string of the molecule is COc1cc(NC(C)C(=O)NC2CCCC2)cc(OC)c1. The third kappa shape index (κ3) is 4.28. The van der Waals surface area contributed by atoms with E-state index >= 15 is 0 Å². The molecule has 2 N–H and O–H groups in total. The van der Waals surface area contributed by atoms with Crippen molar-refractivity contribution in [2.75, 3.05) is 19.5 Å². The first-order valence-electron chi connectivity index (χ1n) is 7.42. The highest BCUT2D eigenvalue weighted by atomic mass is 16.5. The second-order valence-corrected chi connectivity index (χ2v) is 5.46. The van der Waals surface area contributed by atoms with Gasteiger partial charge in [0.1, 0.15) is 17.5 Å². The highest BCUT2D eigenvalue weighted by molar-refractivity contribution is 5.84. The zero-order chi connectivity index (χ0) is 15.2. The van der Waals surface area contributed by atoms with Gasteiger partial charge in [0.05, 0.1) is 14.2 Å². The van der Waals surface area contributed by atoms with E-state index in [1.165, 1.54) is 12.8 Å². The quantitative estimate of drug-likeness (QED) is 0.846. The molecule has 0 saturated heterocycles. The summed E-state index contributed by atoms with van der Waals surface area (Å²) < 4.78 is 10.5. The third-order valence-corrected chi connectivity index (χ3v) is 3.83. The first-order chi connectivity index (χ1) is 10.1. The molecule has 0 aliphatic heterocycles. The molecule has 2 rings (SSSR count). The first kappa shape index (κ1) is 15.5. The zero-order valence-electron chi connectivity index (χ0n) is 12.9. The molecule has 1 saturated carbocycles. The molecular weight excluding hydrogens is 268 g/mol. The van der Waals surface area contributed by atoms with E-state index in [4.69, 9.17) is 9.47 Å². The number of methoxy groups -OCH3 is 2. The molecule has 1 aromatic carbocycles. The Bertz CT molecular complexity index is 462. The van der Waals surface area contributed by atoms with Crippen molar-refractivity contribution < 1.29 is 14.3 Å². The molecule has 1 aliphatic carbocycles. The molecule has 1 fully saturated rings. The summed E-state index contributed by atoms with van der Waals surface area (Å²) in [7, 11) is 3.21. The number of nitrogens with one attached hydrogen (secondary N) is 2. The Hall–Kier alpha value is -1.91. The Morgan fingerprint density at radius 3 is 2.24 bits per heavy atom. The third-order valence-electron chi connectivity index (χ3n) is 3.83. The maximum atomic E-state index is 12.2. The van der Waals surface area contributed by atoms with Crippen molar-refractivity contribution in [1.82, 2.24) is 5.32 Å². The van der Waals surface area contributed by atoms with Gasteiger partial charge < -0.3 is 20.1 Å². The van der Waals surface area contributed by atoms with Crippen LogP contribution >= 0.6 is 0 Å². The van der Waals surface area contributed by atoms with Crippen LogP contribution < -0.4 is 20.1 Å². The van der Waals surface area contributed by atoms with Crippen molar-refractivity contribution in [1.29, 1.82) is 0 Å². The number of benzene rings is 1. The lowest BCUT2D eigenvalue weighted by Gasteiger charge is -2.19. The number of hydrogen-bond acceptors (Lipinski definition) is 4. The summed E-state index contributed by atoms with van der Waals surface area (Å²) in [6.07, 6.45) is 4.59. The molecule has 1 atom stereocenters. The van der Waals surface area contributed by atoms with Gasteiger partial charge in [-0.05, 0) is 19.8 Å². The monoisotopic (exact) mass is 292 g/mol. The van der Waals surface area contributed by atoms with Gasteiger partial charge in [0.25, 0.3) is 0 Å². The second-order valence-electron chi connectivity index (χ2n) is 5.46. The lowest BCUT2D eigenvalue weighted by Crippen LogP contribution is -2.42. The van der Waals surface area contributed by atoms with E-state index < -0.39 is 0 Å². The minimum absolute atomic E-state index is 0.0312. The molecular formula is C16H24N2O3. The van der Waals surface area contributed by atoms with Crippen molar-refractivity contribution in [3.8, 4) is 11.5 Å². The van der Waals surface area contributed by atoms with Gasteiger partial charge in [-0.3, -0.25) is 4.79 Å². The van der Waals surface area contributed by atoms with Crippen LogP contribution in [0.15, 0.2) is 18.2 Å². The molecule has 1 unspecified atom stereocenters. The number of amides is 1. The molecule has 0 bridgehead atoms. The summed E-state index contributed by atoms with van der Waals surface area (Å²) in [5.41, 5.74) is 0.806. The summed E-state index contributed by atoms with van der Waals surface area (Å²) in [4.78, 5) is 12.2. The largest absolute Gasteiger partial charge is 0.497 e. The normalized spacial score (nSPS) is 16.3. The predicted molar refractivity (Wildman–Crippen MR) is 83.0 cm³/mol. The molecule has 0 spiro atoms. The number of hydrogen-bond donors (Lipinski definition) is 2. The Morgan fingerprint density at radius 2 is 1.71 bits per heavy atom. The van der Waals surface area contributed by atoms with Crippen LogP contribution in [0.5, 0.6) is 11.5 Å². The summed E-state index contributed by atoms with van der Waals surface area (Å²) in [5.74, 6) is 1.42. The highest BCUT2D eigenvalue weighted by Crippen LogP contribution is 2.26. The van der Waals surface area contributed by atoms with E-state index in [2.05, 4.69) is 10.6 Å². The second kappa shape index (κ2) is 7.20. The minimum Gasteiger partial charge on any atom is -0.497 e. The Morgan fingerprint density at radius 1 is 1.14 bits per heavy atom. The van der Waals surface area contributed by atoms with Crippen LogP contribution in [0, 0.1) is 0 Å². The van der Waals surface area contributed by atoms with E-state index in [1.807, 2.05) is 19.1 Å². The van der Waals surface area contributed by atoms with Crippen molar-refractivity contribution in [3.05, 3.63) is 18.2 Å². The smallest absolute Gasteiger partial charge is 0.242 e. The van der Waals surface area contributed by atoms with Crippen molar-refractivity contribution in [2.45, 2.75) is 44.7 Å². The average Bonchev–Trinajstić information content (AvgIpc) is 2.99. The van der Waals surface area contributed by atoms with Gasteiger partial charge in [0.15, 0.2) is 0 Å². The predicted octanol–water partition coefficient (Wildman–Crippen LogP) is 2.56. The van der Waals surface area contributed by atoms with Crippen LogP contribution in [0.2, 0.25) is 0 Å². The number of anilines is 1. The van der Waals surface area contributed by atoms with Crippen LogP contribution in [-0.4, -0.2) is 32.2 Å². The number of rotatable bonds is 6. The summed E-state index contributed by atoms with van der Waals surface area (Å²) in [5, 5.41) is 6.29. The van der Waals surface area contributed by atoms with E-state index in [0.717, 1.165) is 18.5 Å². The molecule has 116 valence electrons. The van der Waals surface area contributed by atoms with Crippen LogP contribution in [0.4, 0.5) is 5.69 Å². The molecule has 21 heavy (non-hydrogen) atoms. The van der Waals surface area contributed by atoms with Crippen molar-refractivity contribution in [3.63, 3.8) is 0 Å². The number of ether oxygens (including phenoxy) is 2. The summed E-state index contributed by atoms with van der Waals surface area (Å²) >= 11 is 0. The molecule has 1 amide bonds. The molecule has 0 radical (unpaired) electrons. The van der Waals surface area contributed by atoms with Gasteiger partial charge in [-0.25, -0.2) is 0 Å². The molecule has 0 aromatic heterocycles. The van der Waals surface area contributed by atoms with Crippen LogP contribution in [0.1, 0.15) is 32.6 Å². The molecule has 1 aliphatic rings. The van der Waals surface area contributed by atoms with Gasteiger partial charge in [-0.1, -0.05) is 12.8 Å².